The fourth-order valence-electron chi connectivity index (χ4n) is 7.23. The lowest BCUT2D eigenvalue weighted by Crippen LogP contribution is -2.63. The molecule has 36 heavy (non-hydrogen) atoms. The Morgan fingerprint density at radius 1 is 0.972 bits per heavy atom. The van der Waals surface area contributed by atoms with Gasteiger partial charge >= 0.3 is 5.97 Å². The smallest absolute Gasteiger partial charge is 0.338 e. The molecule has 1 heterocycles. The van der Waals surface area contributed by atoms with E-state index in [0.29, 0.717) is 41.4 Å². The second-order valence-corrected chi connectivity index (χ2v) is 11.6. The van der Waals surface area contributed by atoms with Crippen molar-refractivity contribution in [3.05, 3.63) is 65.7 Å². The summed E-state index contributed by atoms with van der Waals surface area (Å²) in [6.07, 6.45) is 4.36. The van der Waals surface area contributed by atoms with Gasteiger partial charge in [0.1, 0.15) is 0 Å². The number of fused-ring (bicyclic) bond motifs is 2. The van der Waals surface area contributed by atoms with E-state index in [1.54, 1.807) is 0 Å². The summed E-state index contributed by atoms with van der Waals surface area (Å²) in [6.45, 7) is 11.2. The zero-order chi connectivity index (χ0) is 25.4. The minimum absolute atomic E-state index is 0.198. The summed E-state index contributed by atoms with van der Waals surface area (Å²) in [4.78, 5) is 30.6. The number of piperidine rings is 1. The molecular formula is C31H40N2O3. The fraction of sp³-hybridized carbons (Fsp3) is 0.548. The molecule has 0 spiro atoms. The maximum atomic E-state index is 13.9. The minimum atomic E-state index is -0.277. The molecule has 0 N–H and O–H groups in total. The highest BCUT2D eigenvalue weighted by atomic mass is 16.5. The first-order valence-corrected chi connectivity index (χ1v) is 13.7. The van der Waals surface area contributed by atoms with Crippen molar-refractivity contribution in [1.82, 2.24) is 4.90 Å². The van der Waals surface area contributed by atoms with Gasteiger partial charge in [0.15, 0.2) is 0 Å². The molecule has 2 aromatic rings. The Bertz CT molecular complexity index is 1070. The maximum Gasteiger partial charge on any atom is 0.338 e. The van der Waals surface area contributed by atoms with Crippen molar-refractivity contribution in [3.8, 4) is 0 Å². The van der Waals surface area contributed by atoms with E-state index in [-0.39, 0.29) is 17.9 Å². The second-order valence-electron chi connectivity index (χ2n) is 11.6. The topological polar surface area (TPSA) is 49.9 Å². The molecule has 3 saturated carbocycles. The number of hydrogen-bond donors (Lipinski definition) is 0. The Kier molecular flexibility index (Phi) is 6.84. The van der Waals surface area contributed by atoms with E-state index in [4.69, 9.17) is 4.74 Å². The van der Waals surface area contributed by atoms with E-state index < -0.39 is 0 Å². The van der Waals surface area contributed by atoms with Crippen LogP contribution >= 0.6 is 0 Å². The van der Waals surface area contributed by atoms with Gasteiger partial charge in [0.25, 0.3) is 5.91 Å². The van der Waals surface area contributed by atoms with E-state index in [1.807, 2.05) is 61.5 Å². The van der Waals surface area contributed by atoms with Crippen LogP contribution in [0.3, 0.4) is 0 Å². The third-order valence-corrected chi connectivity index (χ3v) is 9.53. The van der Waals surface area contributed by atoms with Crippen molar-refractivity contribution in [2.45, 2.75) is 65.5 Å². The van der Waals surface area contributed by atoms with Crippen molar-refractivity contribution < 1.29 is 14.3 Å². The summed E-state index contributed by atoms with van der Waals surface area (Å²) >= 11 is 0. The molecule has 2 aromatic carbocycles. The van der Waals surface area contributed by atoms with Gasteiger partial charge in [-0.2, -0.15) is 0 Å². The van der Waals surface area contributed by atoms with Gasteiger partial charge in [-0.25, -0.2) is 4.79 Å². The minimum Gasteiger partial charge on any atom is -0.462 e. The summed E-state index contributed by atoms with van der Waals surface area (Å²) in [5.74, 6) is 1.86. The standard InChI is InChI=1S/C31H40N2O3/c1-5-36-30(35)23-11-13-25(14-12-23)32-17-15-26(16-18-32)33(29(34)22-9-7-6-8-10-22)28-20-24-19-27(21(28)2)31(24,3)4/h6-14,21,24,26-28H,5,15-20H2,1-4H3/t21-,24+,27-,28-/m0/s1. The average molecular weight is 489 g/mol. The molecule has 4 aliphatic rings. The van der Waals surface area contributed by atoms with Crippen LogP contribution in [0.1, 0.15) is 74.1 Å². The van der Waals surface area contributed by atoms with Crippen LogP contribution in [0, 0.1) is 23.2 Å². The number of carbonyl (C=O) groups is 2. The van der Waals surface area contributed by atoms with E-state index in [1.165, 1.54) is 6.42 Å². The third-order valence-electron chi connectivity index (χ3n) is 9.53. The Labute approximate surface area is 215 Å². The van der Waals surface area contributed by atoms with Gasteiger partial charge in [-0.3, -0.25) is 4.79 Å². The third kappa shape index (κ3) is 4.42. The predicted octanol–water partition coefficient (Wildman–Crippen LogP) is 6.05. The van der Waals surface area contributed by atoms with Crippen LogP contribution in [0.4, 0.5) is 5.69 Å². The lowest BCUT2D eigenvalue weighted by Gasteiger charge is -2.64. The Hall–Kier alpha value is -2.82. The molecule has 5 heteroatoms. The van der Waals surface area contributed by atoms with Crippen molar-refractivity contribution in [2.24, 2.45) is 23.2 Å². The van der Waals surface area contributed by atoms with Gasteiger partial charge < -0.3 is 14.5 Å². The fourth-order valence-corrected chi connectivity index (χ4v) is 7.23. The molecule has 2 bridgehead atoms. The number of esters is 1. The van der Waals surface area contributed by atoms with E-state index in [0.717, 1.165) is 43.6 Å². The first-order chi connectivity index (χ1) is 17.3. The lowest BCUT2D eigenvalue weighted by atomic mass is 9.44. The SMILES string of the molecule is CCOC(=O)c1ccc(N2CCC(N(C(=O)c3ccccc3)[C@H]3C[C@H]4C[C@@H]([C@@H]3C)C4(C)C)CC2)cc1. The molecule has 4 atom stereocenters. The molecule has 1 saturated heterocycles. The first kappa shape index (κ1) is 24.9. The van der Waals surface area contributed by atoms with Crippen LogP contribution in [0.15, 0.2) is 54.6 Å². The van der Waals surface area contributed by atoms with E-state index in [2.05, 4.69) is 30.6 Å². The largest absolute Gasteiger partial charge is 0.462 e. The lowest BCUT2D eigenvalue weighted by molar-refractivity contribution is -0.137. The van der Waals surface area contributed by atoms with Gasteiger partial charge in [-0.05, 0) is 92.2 Å². The van der Waals surface area contributed by atoms with Crippen LogP contribution in [0.25, 0.3) is 0 Å². The molecule has 4 fully saturated rings. The Morgan fingerprint density at radius 2 is 1.64 bits per heavy atom. The second kappa shape index (κ2) is 9.91. The highest BCUT2D eigenvalue weighted by Crippen LogP contribution is 2.62. The molecule has 192 valence electrons. The number of ether oxygens (including phenoxy) is 1. The summed E-state index contributed by atoms with van der Waals surface area (Å²) in [7, 11) is 0. The molecule has 3 aliphatic carbocycles. The van der Waals surface area contributed by atoms with Crippen LogP contribution in [-0.2, 0) is 4.74 Å². The van der Waals surface area contributed by atoms with Crippen LogP contribution in [-0.4, -0.2) is 48.6 Å². The number of nitrogens with zero attached hydrogens (tertiary/aromatic N) is 2. The molecular weight excluding hydrogens is 448 g/mol. The molecule has 1 aliphatic heterocycles. The van der Waals surface area contributed by atoms with E-state index in [9.17, 15) is 9.59 Å². The van der Waals surface area contributed by atoms with Gasteiger partial charge in [-0.15, -0.1) is 0 Å². The number of amides is 1. The molecule has 0 radical (unpaired) electrons. The zero-order valence-electron chi connectivity index (χ0n) is 22.2. The number of benzene rings is 2. The Morgan fingerprint density at radius 3 is 2.22 bits per heavy atom. The molecule has 5 nitrogen and oxygen atoms in total. The normalized spacial score (nSPS) is 27.2. The van der Waals surface area contributed by atoms with Gasteiger partial charge in [-0.1, -0.05) is 39.0 Å². The van der Waals surface area contributed by atoms with Gasteiger partial charge in [0.05, 0.1) is 12.2 Å². The number of anilines is 1. The van der Waals surface area contributed by atoms with Crippen molar-refractivity contribution in [3.63, 3.8) is 0 Å². The first-order valence-electron chi connectivity index (χ1n) is 13.7. The molecule has 0 aromatic heterocycles. The number of hydrogen-bond acceptors (Lipinski definition) is 4. The van der Waals surface area contributed by atoms with Crippen LogP contribution in [0.2, 0.25) is 0 Å². The summed E-state index contributed by atoms with van der Waals surface area (Å²) in [6, 6.07) is 18.1. The summed E-state index contributed by atoms with van der Waals surface area (Å²) in [5.41, 5.74) is 2.91. The predicted molar refractivity (Wildman–Crippen MR) is 143 cm³/mol. The van der Waals surface area contributed by atoms with E-state index >= 15 is 0 Å². The summed E-state index contributed by atoms with van der Waals surface area (Å²) in [5, 5.41) is 0. The Balaban J connectivity index is 1.32. The molecule has 6 rings (SSSR count). The van der Waals surface area contributed by atoms with Crippen LogP contribution < -0.4 is 4.90 Å². The average Bonchev–Trinajstić information content (AvgIpc) is 2.90. The highest BCUT2D eigenvalue weighted by Gasteiger charge is 2.58. The van der Waals surface area contributed by atoms with Crippen molar-refractivity contribution in [1.29, 1.82) is 0 Å². The zero-order valence-corrected chi connectivity index (χ0v) is 22.2. The highest BCUT2D eigenvalue weighted by molar-refractivity contribution is 5.94. The van der Waals surface area contributed by atoms with Crippen molar-refractivity contribution >= 4 is 17.6 Å². The quantitative estimate of drug-likeness (QED) is 0.465. The number of rotatable bonds is 6. The number of carbonyl (C=O) groups excluding carboxylic acids is 2. The van der Waals surface area contributed by atoms with Gasteiger partial charge in [0, 0.05) is 36.4 Å². The summed E-state index contributed by atoms with van der Waals surface area (Å²) < 4.78 is 5.11. The van der Waals surface area contributed by atoms with Gasteiger partial charge in [0.2, 0.25) is 0 Å². The molecule has 1 amide bonds. The van der Waals surface area contributed by atoms with Crippen LogP contribution in [0.5, 0.6) is 0 Å². The molecule has 0 unspecified atom stereocenters. The monoisotopic (exact) mass is 488 g/mol. The van der Waals surface area contributed by atoms with Crippen molar-refractivity contribution in [2.75, 3.05) is 24.6 Å². The maximum absolute atomic E-state index is 13.9.